The average Bonchev–Trinajstić information content (AvgIpc) is 2.73. The summed E-state index contributed by atoms with van der Waals surface area (Å²) >= 11 is 0. The minimum absolute atomic E-state index is 0.0407. The molecule has 6 nitrogen and oxygen atoms in total. The van der Waals surface area contributed by atoms with Crippen molar-refractivity contribution in [2.24, 2.45) is 0 Å². The lowest BCUT2D eigenvalue weighted by Gasteiger charge is -2.31. The van der Waals surface area contributed by atoms with Gasteiger partial charge in [0.25, 0.3) is 0 Å². The number of benzene rings is 1. The molecule has 0 amide bonds. The number of rotatable bonds is 4. The van der Waals surface area contributed by atoms with E-state index in [4.69, 9.17) is 4.74 Å². The van der Waals surface area contributed by atoms with Gasteiger partial charge in [0.1, 0.15) is 6.10 Å². The van der Waals surface area contributed by atoms with Crippen LogP contribution in [0.25, 0.3) is 0 Å². The van der Waals surface area contributed by atoms with Crippen LogP contribution in [0.4, 0.5) is 13.2 Å². The van der Waals surface area contributed by atoms with Gasteiger partial charge < -0.3 is 4.74 Å². The van der Waals surface area contributed by atoms with Gasteiger partial charge in [-0.1, -0.05) is 6.07 Å². The summed E-state index contributed by atoms with van der Waals surface area (Å²) in [5, 5.41) is 0. The van der Waals surface area contributed by atoms with Gasteiger partial charge in [-0.3, -0.25) is 0 Å². The molecule has 1 aromatic heterocycles. The van der Waals surface area contributed by atoms with E-state index in [0.717, 1.165) is 43.5 Å². The molecule has 0 N–H and O–H groups in total. The summed E-state index contributed by atoms with van der Waals surface area (Å²) in [4.78, 5) is 7.39. The first-order chi connectivity index (χ1) is 14.2. The summed E-state index contributed by atoms with van der Waals surface area (Å²) in [5.74, 6) is 0. The topological polar surface area (TPSA) is 72.4 Å². The van der Waals surface area contributed by atoms with Crippen LogP contribution in [0, 0.1) is 0 Å². The Kier molecular flexibility index (Phi) is 5.71. The molecular weight excluding hydrogens is 419 g/mol. The normalized spacial score (nSPS) is 20.6. The van der Waals surface area contributed by atoms with E-state index in [9.17, 15) is 21.6 Å². The van der Waals surface area contributed by atoms with Gasteiger partial charge in [-0.05, 0) is 67.9 Å². The zero-order valence-corrected chi connectivity index (χ0v) is 17.0. The van der Waals surface area contributed by atoms with E-state index in [1.165, 1.54) is 9.87 Å². The maximum Gasteiger partial charge on any atom is 0.433 e. The number of aromatic nitrogens is 2. The number of halogens is 3. The van der Waals surface area contributed by atoms with Crippen LogP contribution < -0.4 is 4.74 Å². The number of ether oxygens (including phenoxy) is 1. The van der Waals surface area contributed by atoms with E-state index in [2.05, 4.69) is 9.97 Å². The van der Waals surface area contributed by atoms with Crippen molar-refractivity contribution in [1.82, 2.24) is 14.3 Å². The molecule has 1 unspecified atom stereocenters. The second-order valence-electron chi connectivity index (χ2n) is 7.60. The van der Waals surface area contributed by atoms with Crippen molar-refractivity contribution in [3.63, 3.8) is 0 Å². The van der Waals surface area contributed by atoms with Crippen molar-refractivity contribution in [1.29, 1.82) is 0 Å². The molecule has 1 saturated heterocycles. The van der Waals surface area contributed by atoms with Gasteiger partial charge in [-0.25, -0.2) is 13.4 Å². The highest BCUT2D eigenvalue weighted by Crippen LogP contribution is 2.30. The zero-order chi connectivity index (χ0) is 21.4. The van der Waals surface area contributed by atoms with Crippen molar-refractivity contribution < 1.29 is 26.3 Å². The van der Waals surface area contributed by atoms with Crippen molar-refractivity contribution in [2.45, 2.75) is 55.7 Å². The van der Waals surface area contributed by atoms with Crippen molar-refractivity contribution in [2.75, 3.05) is 13.1 Å². The number of alkyl halides is 3. The maximum absolute atomic E-state index is 13.1. The van der Waals surface area contributed by atoms with Crippen LogP contribution >= 0.6 is 0 Å². The molecule has 1 aliphatic carbocycles. The molecule has 1 aromatic carbocycles. The quantitative estimate of drug-likeness (QED) is 0.725. The van der Waals surface area contributed by atoms with Gasteiger partial charge in [-0.2, -0.15) is 22.5 Å². The SMILES string of the molecule is O=S(=O)(c1ccc2c(c1)CCCC2)N1CCCC(Oc2nccc(C(F)(F)F)n2)C1. The number of piperidine rings is 1. The Balaban J connectivity index is 1.50. The van der Waals surface area contributed by atoms with E-state index >= 15 is 0 Å². The number of hydrogen-bond acceptors (Lipinski definition) is 5. The largest absolute Gasteiger partial charge is 0.459 e. The van der Waals surface area contributed by atoms with Gasteiger partial charge in [0.2, 0.25) is 10.0 Å². The summed E-state index contributed by atoms with van der Waals surface area (Å²) < 4.78 is 71.7. The number of sulfonamides is 1. The third-order valence-corrected chi connectivity index (χ3v) is 7.36. The van der Waals surface area contributed by atoms with Crippen LogP contribution in [0.1, 0.15) is 42.5 Å². The number of hydrogen-bond donors (Lipinski definition) is 0. The van der Waals surface area contributed by atoms with Crippen LogP contribution in [0.2, 0.25) is 0 Å². The van der Waals surface area contributed by atoms with Gasteiger partial charge in [0.05, 0.1) is 11.4 Å². The third kappa shape index (κ3) is 4.44. The Labute approximate surface area is 173 Å². The van der Waals surface area contributed by atoms with Crippen LogP contribution in [-0.2, 0) is 29.0 Å². The molecule has 0 bridgehead atoms. The molecule has 2 aromatic rings. The van der Waals surface area contributed by atoms with Crippen LogP contribution in [0.5, 0.6) is 6.01 Å². The fourth-order valence-corrected chi connectivity index (χ4v) is 5.50. The summed E-state index contributed by atoms with van der Waals surface area (Å²) in [7, 11) is -3.72. The fourth-order valence-electron chi connectivity index (χ4n) is 3.94. The van der Waals surface area contributed by atoms with Crippen molar-refractivity contribution >= 4 is 10.0 Å². The van der Waals surface area contributed by atoms with E-state index in [1.54, 1.807) is 12.1 Å². The van der Waals surface area contributed by atoms with Crippen LogP contribution in [0.3, 0.4) is 0 Å². The van der Waals surface area contributed by atoms with Crippen molar-refractivity contribution in [3.05, 3.63) is 47.3 Å². The highest BCUT2D eigenvalue weighted by Gasteiger charge is 2.35. The van der Waals surface area contributed by atoms with Crippen LogP contribution in [-0.4, -0.2) is 41.9 Å². The lowest BCUT2D eigenvalue weighted by Crippen LogP contribution is -2.44. The molecule has 0 saturated carbocycles. The molecule has 1 atom stereocenters. The molecule has 1 fully saturated rings. The van der Waals surface area contributed by atoms with Gasteiger partial charge in [0.15, 0.2) is 5.69 Å². The molecule has 162 valence electrons. The first-order valence-electron chi connectivity index (χ1n) is 9.92. The molecule has 0 spiro atoms. The molecule has 1 aliphatic heterocycles. The smallest absolute Gasteiger partial charge is 0.433 e. The third-order valence-electron chi connectivity index (χ3n) is 5.49. The second-order valence-corrected chi connectivity index (χ2v) is 9.54. The molecule has 4 rings (SSSR count). The monoisotopic (exact) mass is 441 g/mol. The van der Waals surface area contributed by atoms with Gasteiger partial charge in [-0.15, -0.1) is 0 Å². The highest BCUT2D eigenvalue weighted by atomic mass is 32.2. The van der Waals surface area contributed by atoms with Gasteiger partial charge >= 0.3 is 12.2 Å². The Morgan fingerprint density at radius 2 is 1.83 bits per heavy atom. The van der Waals surface area contributed by atoms with E-state index < -0.39 is 34.0 Å². The van der Waals surface area contributed by atoms with Gasteiger partial charge in [0, 0.05) is 12.7 Å². The minimum Gasteiger partial charge on any atom is -0.459 e. The summed E-state index contributed by atoms with van der Waals surface area (Å²) in [6.45, 7) is 0.377. The predicted octanol–water partition coefficient (Wildman–Crippen LogP) is 3.61. The molecule has 10 heteroatoms. The zero-order valence-electron chi connectivity index (χ0n) is 16.2. The Morgan fingerprint density at radius 1 is 1.07 bits per heavy atom. The first kappa shape index (κ1) is 21.0. The molecular formula is C20H22F3N3O3S. The second kappa shape index (κ2) is 8.14. The number of nitrogens with zero attached hydrogens (tertiary/aromatic N) is 3. The molecule has 2 heterocycles. The Bertz CT molecular complexity index is 1030. The predicted molar refractivity (Wildman–Crippen MR) is 103 cm³/mol. The Hall–Kier alpha value is -2.20. The minimum atomic E-state index is -4.60. The molecule has 2 aliphatic rings. The summed E-state index contributed by atoms with van der Waals surface area (Å²) in [6.07, 6.45) is 0.808. The summed E-state index contributed by atoms with van der Waals surface area (Å²) in [5.41, 5.74) is 1.17. The van der Waals surface area contributed by atoms with Crippen molar-refractivity contribution in [3.8, 4) is 6.01 Å². The maximum atomic E-state index is 13.1. The molecule has 0 radical (unpaired) electrons. The molecule has 30 heavy (non-hydrogen) atoms. The van der Waals surface area contributed by atoms with E-state index in [0.29, 0.717) is 19.4 Å². The lowest BCUT2D eigenvalue weighted by atomic mass is 9.92. The van der Waals surface area contributed by atoms with E-state index in [1.807, 2.05) is 6.07 Å². The number of fused-ring (bicyclic) bond motifs is 1. The average molecular weight is 441 g/mol. The fraction of sp³-hybridized carbons (Fsp3) is 0.500. The van der Waals surface area contributed by atoms with Crippen LogP contribution in [0.15, 0.2) is 35.4 Å². The lowest BCUT2D eigenvalue weighted by molar-refractivity contribution is -0.141. The summed E-state index contributed by atoms with van der Waals surface area (Å²) in [6, 6.07) is 5.64. The first-order valence-corrected chi connectivity index (χ1v) is 11.4. The standard InChI is InChI=1S/C20H22F3N3O3S/c21-20(22,23)18-9-10-24-19(25-18)29-16-6-3-11-26(13-16)30(27,28)17-8-7-14-4-1-2-5-15(14)12-17/h7-10,12,16H,1-6,11,13H2. The highest BCUT2D eigenvalue weighted by molar-refractivity contribution is 7.89. The Morgan fingerprint density at radius 3 is 2.60 bits per heavy atom. The number of aryl methyl sites for hydroxylation is 2. The van der Waals surface area contributed by atoms with E-state index in [-0.39, 0.29) is 11.4 Å².